The van der Waals surface area contributed by atoms with Crippen LogP contribution in [0.15, 0.2) is 24.3 Å². The smallest absolute Gasteiger partial charge is 0.0169 e. The first-order valence-corrected chi connectivity index (χ1v) is 4.12. The van der Waals surface area contributed by atoms with Gasteiger partial charge in [-0.1, -0.05) is 31.2 Å². The van der Waals surface area contributed by atoms with Crippen LogP contribution in [0.1, 0.15) is 26.7 Å². The van der Waals surface area contributed by atoms with Crippen LogP contribution in [0.5, 0.6) is 0 Å². The topological polar surface area (TPSA) is 0 Å². The molecule has 56 valence electrons. The highest BCUT2D eigenvalue weighted by molar-refractivity contribution is 5.02. The molecule has 0 aliphatic heterocycles. The van der Waals surface area contributed by atoms with E-state index in [1.807, 2.05) is 0 Å². The molecule has 1 aliphatic rings. The first-order chi connectivity index (χ1) is 4.84. The minimum Gasteiger partial charge on any atom is -0.0914 e. The van der Waals surface area contributed by atoms with E-state index in [4.69, 9.17) is 0 Å². The molecule has 0 heteroatoms. The maximum atomic E-state index is 2.35. The molecule has 1 rings (SSSR count). The van der Waals surface area contributed by atoms with Gasteiger partial charge in [-0.25, -0.2) is 0 Å². The summed E-state index contributed by atoms with van der Waals surface area (Å²) >= 11 is 0. The molecule has 0 N–H and O–H groups in total. The van der Waals surface area contributed by atoms with Crippen LogP contribution in [-0.4, -0.2) is 0 Å². The fourth-order valence-electron chi connectivity index (χ4n) is 1.09. The van der Waals surface area contributed by atoms with Gasteiger partial charge >= 0.3 is 0 Å². The summed E-state index contributed by atoms with van der Waals surface area (Å²) in [6.45, 7) is 4.37. The third-order valence-corrected chi connectivity index (χ3v) is 2.06. The molecule has 10 heavy (non-hydrogen) atoms. The van der Waals surface area contributed by atoms with Crippen LogP contribution >= 0.6 is 0 Å². The third-order valence-electron chi connectivity index (χ3n) is 2.06. The van der Waals surface area contributed by atoms with E-state index in [-0.39, 0.29) is 0 Å². The van der Waals surface area contributed by atoms with Crippen molar-refractivity contribution in [2.24, 2.45) is 11.8 Å². The molecule has 2 atom stereocenters. The molecule has 1 fully saturated rings. The van der Waals surface area contributed by atoms with Gasteiger partial charge in [0.1, 0.15) is 0 Å². The number of hydrogen-bond acceptors (Lipinski definition) is 0. The Morgan fingerprint density at radius 2 is 2.10 bits per heavy atom. The summed E-state index contributed by atoms with van der Waals surface area (Å²) in [5, 5.41) is 0. The Morgan fingerprint density at radius 1 is 1.40 bits per heavy atom. The van der Waals surface area contributed by atoms with Crippen LogP contribution in [0.4, 0.5) is 0 Å². The van der Waals surface area contributed by atoms with Gasteiger partial charge in [-0.15, -0.1) is 0 Å². The molecular weight excluding hydrogens is 120 g/mol. The highest BCUT2D eigenvalue weighted by atomic mass is 14.3. The number of rotatable bonds is 3. The van der Waals surface area contributed by atoms with Gasteiger partial charge < -0.3 is 0 Å². The normalized spacial score (nSPS) is 32.2. The van der Waals surface area contributed by atoms with Crippen molar-refractivity contribution in [2.75, 3.05) is 0 Å². The molecule has 0 aromatic heterocycles. The molecule has 0 spiro atoms. The summed E-state index contributed by atoms with van der Waals surface area (Å²) in [5.74, 6) is 1.87. The predicted octanol–water partition coefficient (Wildman–Crippen LogP) is 3.16. The van der Waals surface area contributed by atoms with Crippen molar-refractivity contribution in [2.45, 2.75) is 26.7 Å². The van der Waals surface area contributed by atoms with E-state index in [0.717, 1.165) is 18.3 Å². The van der Waals surface area contributed by atoms with Gasteiger partial charge in [0, 0.05) is 0 Å². The Bertz CT molecular complexity index is 142. The maximum absolute atomic E-state index is 2.35. The highest BCUT2D eigenvalue weighted by Crippen LogP contribution is 2.38. The van der Waals surface area contributed by atoms with E-state index >= 15 is 0 Å². The largest absolute Gasteiger partial charge is 0.0914 e. The standard InChI is InChI=1S/C10H16/c1-3-4-5-6-7-10-8-9(10)2/h3-4,6-7,9-10H,5,8H2,1-2H3. The Hall–Kier alpha value is -0.520. The van der Waals surface area contributed by atoms with Gasteiger partial charge in [0.25, 0.3) is 0 Å². The van der Waals surface area contributed by atoms with Crippen LogP contribution in [-0.2, 0) is 0 Å². The van der Waals surface area contributed by atoms with E-state index in [0.29, 0.717) is 0 Å². The molecule has 2 unspecified atom stereocenters. The Morgan fingerprint density at radius 3 is 2.60 bits per heavy atom. The molecule has 0 bridgehead atoms. The zero-order valence-corrected chi connectivity index (χ0v) is 6.88. The summed E-state index contributed by atoms with van der Waals surface area (Å²) in [4.78, 5) is 0. The summed E-state index contributed by atoms with van der Waals surface area (Å²) in [5.41, 5.74) is 0. The molecule has 1 saturated carbocycles. The lowest BCUT2D eigenvalue weighted by Crippen LogP contribution is -1.67. The first-order valence-electron chi connectivity index (χ1n) is 4.12. The zero-order chi connectivity index (χ0) is 7.40. The summed E-state index contributed by atoms with van der Waals surface area (Å²) < 4.78 is 0. The lowest BCUT2D eigenvalue weighted by Gasteiger charge is -1.81. The van der Waals surface area contributed by atoms with E-state index in [9.17, 15) is 0 Å². The van der Waals surface area contributed by atoms with Crippen LogP contribution in [0.25, 0.3) is 0 Å². The highest BCUT2D eigenvalue weighted by Gasteiger charge is 2.29. The number of hydrogen-bond donors (Lipinski definition) is 0. The van der Waals surface area contributed by atoms with Crippen LogP contribution in [0.2, 0.25) is 0 Å². The molecule has 0 nitrogen and oxygen atoms in total. The molecule has 0 aromatic rings. The van der Waals surface area contributed by atoms with Gasteiger partial charge in [-0.3, -0.25) is 0 Å². The quantitative estimate of drug-likeness (QED) is 0.523. The maximum Gasteiger partial charge on any atom is -0.0169 e. The molecule has 0 aromatic carbocycles. The predicted molar refractivity (Wildman–Crippen MR) is 45.8 cm³/mol. The van der Waals surface area contributed by atoms with Crippen molar-refractivity contribution in [3.8, 4) is 0 Å². The summed E-state index contributed by atoms with van der Waals surface area (Å²) in [6.07, 6.45) is 11.4. The minimum absolute atomic E-state index is 0.908. The van der Waals surface area contributed by atoms with E-state index in [1.54, 1.807) is 0 Å². The van der Waals surface area contributed by atoms with Gasteiger partial charge in [0.2, 0.25) is 0 Å². The Labute approximate surface area is 63.6 Å². The van der Waals surface area contributed by atoms with Crippen LogP contribution < -0.4 is 0 Å². The van der Waals surface area contributed by atoms with Crippen molar-refractivity contribution < 1.29 is 0 Å². The molecule has 0 amide bonds. The third kappa shape index (κ3) is 2.38. The second-order valence-corrected chi connectivity index (χ2v) is 3.11. The van der Waals surface area contributed by atoms with Crippen molar-refractivity contribution >= 4 is 0 Å². The van der Waals surface area contributed by atoms with Gasteiger partial charge in [0.05, 0.1) is 0 Å². The van der Waals surface area contributed by atoms with Crippen molar-refractivity contribution in [1.29, 1.82) is 0 Å². The lowest BCUT2D eigenvalue weighted by atomic mass is 10.3. The Balaban J connectivity index is 2.06. The second kappa shape index (κ2) is 3.60. The molecule has 0 heterocycles. The molecule has 1 aliphatic carbocycles. The van der Waals surface area contributed by atoms with E-state index in [2.05, 4.69) is 38.2 Å². The summed E-state index contributed by atoms with van der Waals surface area (Å²) in [7, 11) is 0. The van der Waals surface area contributed by atoms with Crippen LogP contribution in [0.3, 0.4) is 0 Å². The SMILES string of the molecule is CC=CCC=CC1CC1C. The van der Waals surface area contributed by atoms with Crippen molar-refractivity contribution in [3.63, 3.8) is 0 Å². The minimum atomic E-state index is 0.908. The Kier molecular flexibility index (Phi) is 2.73. The average Bonchev–Trinajstić information content (AvgIpc) is 2.60. The van der Waals surface area contributed by atoms with Crippen molar-refractivity contribution in [1.82, 2.24) is 0 Å². The van der Waals surface area contributed by atoms with Gasteiger partial charge in [-0.2, -0.15) is 0 Å². The molecular formula is C10H16. The van der Waals surface area contributed by atoms with E-state index in [1.165, 1.54) is 6.42 Å². The van der Waals surface area contributed by atoms with E-state index < -0.39 is 0 Å². The summed E-state index contributed by atoms with van der Waals surface area (Å²) in [6, 6.07) is 0. The fourth-order valence-corrected chi connectivity index (χ4v) is 1.09. The molecule has 0 saturated heterocycles. The van der Waals surface area contributed by atoms with Gasteiger partial charge in [0.15, 0.2) is 0 Å². The monoisotopic (exact) mass is 136 g/mol. The second-order valence-electron chi connectivity index (χ2n) is 3.11. The first kappa shape index (κ1) is 7.59. The fraction of sp³-hybridized carbons (Fsp3) is 0.600. The van der Waals surface area contributed by atoms with Crippen LogP contribution in [0, 0.1) is 11.8 Å². The van der Waals surface area contributed by atoms with Gasteiger partial charge in [-0.05, 0) is 31.6 Å². The number of allylic oxidation sites excluding steroid dienone is 4. The lowest BCUT2D eigenvalue weighted by molar-refractivity contribution is 0.896. The molecule has 0 radical (unpaired) electrons. The zero-order valence-electron chi connectivity index (χ0n) is 6.88. The van der Waals surface area contributed by atoms with Crippen molar-refractivity contribution in [3.05, 3.63) is 24.3 Å². The average molecular weight is 136 g/mol.